The summed E-state index contributed by atoms with van der Waals surface area (Å²) in [6.07, 6.45) is -2.84. The molecule has 0 fully saturated rings. The standard InChI is InChI=1S/C12H14ClF2NO3/c1-3-19-10(17)5-8-7(6-13)4-9(11(14)15)16-12(8)18-2/h4,11H,3,5-6H2,1-2H3. The highest BCUT2D eigenvalue weighted by molar-refractivity contribution is 6.17. The summed E-state index contributed by atoms with van der Waals surface area (Å²) >= 11 is 5.72. The van der Waals surface area contributed by atoms with Gasteiger partial charge in [-0.15, -0.1) is 11.6 Å². The van der Waals surface area contributed by atoms with Gasteiger partial charge in [0.25, 0.3) is 6.43 Å². The number of hydrogen-bond acceptors (Lipinski definition) is 4. The highest BCUT2D eigenvalue weighted by Gasteiger charge is 2.20. The van der Waals surface area contributed by atoms with Gasteiger partial charge in [-0.1, -0.05) is 0 Å². The van der Waals surface area contributed by atoms with E-state index < -0.39 is 18.1 Å². The second kappa shape index (κ2) is 7.23. The summed E-state index contributed by atoms with van der Waals surface area (Å²) in [4.78, 5) is 15.1. The fourth-order valence-corrected chi connectivity index (χ4v) is 1.80. The van der Waals surface area contributed by atoms with Crippen LogP contribution in [0.1, 0.15) is 30.2 Å². The molecule has 0 aliphatic rings. The number of aromatic nitrogens is 1. The Labute approximate surface area is 114 Å². The van der Waals surface area contributed by atoms with Crippen molar-refractivity contribution in [3.05, 3.63) is 22.9 Å². The molecule has 0 saturated carbocycles. The first-order chi connectivity index (χ1) is 9.03. The maximum Gasteiger partial charge on any atom is 0.310 e. The fraction of sp³-hybridized carbons (Fsp3) is 0.500. The zero-order valence-electron chi connectivity index (χ0n) is 10.6. The lowest BCUT2D eigenvalue weighted by Crippen LogP contribution is -2.12. The number of hydrogen-bond donors (Lipinski definition) is 0. The van der Waals surface area contributed by atoms with E-state index in [1.165, 1.54) is 13.2 Å². The van der Waals surface area contributed by atoms with Gasteiger partial charge in [0.2, 0.25) is 5.88 Å². The quantitative estimate of drug-likeness (QED) is 0.598. The molecule has 4 nitrogen and oxygen atoms in total. The third-order valence-electron chi connectivity index (χ3n) is 2.39. The number of esters is 1. The lowest BCUT2D eigenvalue weighted by Gasteiger charge is -2.13. The minimum atomic E-state index is -2.73. The average Bonchev–Trinajstić information content (AvgIpc) is 2.38. The zero-order valence-corrected chi connectivity index (χ0v) is 11.3. The third kappa shape index (κ3) is 4.02. The molecule has 0 bridgehead atoms. The van der Waals surface area contributed by atoms with Crippen LogP contribution in [-0.4, -0.2) is 24.7 Å². The van der Waals surface area contributed by atoms with Crippen LogP contribution >= 0.6 is 11.6 Å². The van der Waals surface area contributed by atoms with E-state index in [-0.39, 0.29) is 24.8 Å². The van der Waals surface area contributed by atoms with Gasteiger partial charge < -0.3 is 9.47 Å². The summed E-state index contributed by atoms with van der Waals surface area (Å²) < 4.78 is 35.1. The summed E-state index contributed by atoms with van der Waals surface area (Å²) in [6.45, 7) is 1.91. The lowest BCUT2D eigenvalue weighted by atomic mass is 10.1. The van der Waals surface area contributed by atoms with Crippen molar-refractivity contribution in [3.8, 4) is 5.88 Å². The van der Waals surface area contributed by atoms with Gasteiger partial charge in [0, 0.05) is 11.4 Å². The minimum Gasteiger partial charge on any atom is -0.481 e. The average molecular weight is 294 g/mol. The van der Waals surface area contributed by atoms with Crippen LogP contribution in [0.25, 0.3) is 0 Å². The van der Waals surface area contributed by atoms with E-state index in [0.29, 0.717) is 11.1 Å². The maximum absolute atomic E-state index is 12.7. The van der Waals surface area contributed by atoms with Crippen molar-refractivity contribution in [1.82, 2.24) is 4.98 Å². The van der Waals surface area contributed by atoms with Crippen LogP contribution in [0.4, 0.5) is 8.78 Å². The Morgan fingerprint density at radius 3 is 2.68 bits per heavy atom. The predicted octanol–water partition coefficient (Wildman–Crippen LogP) is 2.87. The SMILES string of the molecule is CCOC(=O)Cc1c(CCl)cc(C(F)F)nc1OC. The van der Waals surface area contributed by atoms with Crippen molar-refractivity contribution in [2.24, 2.45) is 0 Å². The highest BCUT2D eigenvalue weighted by atomic mass is 35.5. The molecule has 0 spiro atoms. The van der Waals surface area contributed by atoms with E-state index in [1.54, 1.807) is 6.92 Å². The number of methoxy groups -OCH3 is 1. The first-order valence-electron chi connectivity index (χ1n) is 5.59. The second-order valence-corrected chi connectivity index (χ2v) is 3.88. The van der Waals surface area contributed by atoms with Gasteiger partial charge in [-0.2, -0.15) is 0 Å². The second-order valence-electron chi connectivity index (χ2n) is 3.61. The molecular weight excluding hydrogens is 280 g/mol. The number of alkyl halides is 3. The summed E-state index contributed by atoms with van der Waals surface area (Å²) in [7, 11) is 1.30. The Hall–Kier alpha value is -1.43. The Bertz CT molecular complexity index is 430. The zero-order chi connectivity index (χ0) is 14.4. The normalized spacial score (nSPS) is 10.6. The van der Waals surface area contributed by atoms with E-state index in [4.69, 9.17) is 21.1 Å². The van der Waals surface area contributed by atoms with E-state index in [2.05, 4.69) is 4.98 Å². The number of rotatable bonds is 6. The first kappa shape index (κ1) is 15.6. The van der Waals surface area contributed by atoms with Crippen LogP contribution in [0.2, 0.25) is 0 Å². The number of carbonyl (C=O) groups is 1. The number of carbonyl (C=O) groups excluding carboxylic acids is 1. The molecule has 0 N–H and O–H groups in total. The molecule has 0 unspecified atom stereocenters. The van der Waals surface area contributed by atoms with Crippen molar-refractivity contribution in [3.63, 3.8) is 0 Å². The summed E-state index contributed by atoms with van der Waals surface area (Å²) in [6, 6.07) is 1.18. The van der Waals surface area contributed by atoms with Gasteiger partial charge in [-0.25, -0.2) is 13.8 Å². The van der Waals surface area contributed by atoms with Gasteiger partial charge in [-0.05, 0) is 18.6 Å². The molecule has 1 aromatic rings. The Morgan fingerprint density at radius 1 is 1.53 bits per heavy atom. The van der Waals surface area contributed by atoms with Crippen LogP contribution < -0.4 is 4.74 Å². The highest BCUT2D eigenvalue weighted by Crippen LogP contribution is 2.28. The minimum absolute atomic E-state index is 0.0205. The number of pyridine rings is 1. The van der Waals surface area contributed by atoms with E-state index in [9.17, 15) is 13.6 Å². The van der Waals surface area contributed by atoms with Crippen LogP contribution in [-0.2, 0) is 21.8 Å². The molecular formula is C12H14ClF2NO3. The van der Waals surface area contributed by atoms with Crippen LogP contribution in [0.5, 0.6) is 5.88 Å². The van der Waals surface area contributed by atoms with Gasteiger partial charge >= 0.3 is 5.97 Å². The molecule has 0 atom stereocenters. The molecule has 0 aromatic carbocycles. The first-order valence-corrected chi connectivity index (χ1v) is 6.13. The molecule has 1 heterocycles. The van der Waals surface area contributed by atoms with Crippen molar-refractivity contribution >= 4 is 17.6 Å². The Morgan fingerprint density at radius 2 is 2.21 bits per heavy atom. The van der Waals surface area contributed by atoms with Crippen LogP contribution in [0, 0.1) is 0 Å². The van der Waals surface area contributed by atoms with Crippen molar-refractivity contribution in [1.29, 1.82) is 0 Å². The lowest BCUT2D eigenvalue weighted by molar-refractivity contribution is -0.142. The Kier molecular flexibility index (Phi) is 5.95. The molecule has 1 aromatic heterocycles. The van der Waals surface area contributed by atoms with Gasteiger partial charge in [-0.3, -0.25) is 4.79 Å². The monoisotopic (exact) mass is 293 g/mol. The van der Waals surface area contributed by atoms with Crippen molar-refractivity contribution in [2.75, 3.05) is 13.7 Å². The Balaban J connectivity index is 3.17. The number of nitrogens with zero attached hydrogens (tertiary/aromatic N) is 1. The van der Waals surface area contributed by atoms with Gasteiger partial charge in [0.05, 0.1) is 20.1 Å². The summed E-state index contributed by atoms with van der Waals surface area (Å²) in [5.74, 6) is -0.534. The molecule has 0 saturated heterocycles. The predicted molar refractivity (Wildman–Crippen MR) is 65.6 cm³/mol. The third-order valence-corrected chi connectivity index (χ3v) is 2.67. The van der Waals surface area contributed by atoms with Crippen molar-refractivity contribution < 1.29 is 23.0 Å². The van der Waals surface area contributed by atoms with Gasteiger partial charge in [0.15, 0.2) is 0 Å². The van der Waals surface area contributed by atoms with E-state index in [0.717, 1.165) is 0 Å². The number of ether oxygens (including phenoxy) is 2. The molecule has 0 amide bonds. The van der Waals surface area contributed by atoms with Crippen LogP contribution in [0.15, 0.2) is 6.07 Å². The molecule has 19 heavy (non-hydrogen) atoms. The summed E-state index contributed by atoms with van der Waals surface area (Å²) in [5.41, 5.74) is 0.331. The topological polar surface area (TPSA) is 48.4 Å². The molecule has 0 aliphatic carbocycles. The molecule has 0 aliphatic heterocycles. The summed E-state index contributed by atoms with van der Waals surface area (Å²) in [5, 5.41) is 0. The van der Waals surface area contributed by atoms with Crippen molar-refractivity contribution in [2.45, 2.75) is 25.7 Å². The largest absolute Gasteiger partial charge is 0.481 e. The fourth-order valence-electron chi connectivity index (χ4n) is 1.57. The van der Waals surface area contributed by atoms with E-state index >= 15 is 0 Å². The molecule has 0 radical (unpaired) electrons. The molecule has 1 rings (SSSR count). The number of halogens is 3. The van der Waals surface area contributed by atoms with E-state index in [1.807, 2.05) is 0 Å². The van der Waals surface area contributed by atoms with Gasteiger partial charge in [0.1, 0.15) is 5.69 Å². The van der Waals surface area contributed by atoms with Crippen LogP contribution in [0.3, 0.4) is 0 Å². The smallest absolute Gasteiger partial charge is 0.310 e. The molecule has 7 heteroatoms. The molecule has 106 valence electrons. The maximum atomic E-state index is 12.7.